The minimum Gasteiger partial charge on any atom is -0.316 e. The second kappa shape index (κ2) is 5.50. The fourth-order valence-corrected chi connectivity index (χ4v) is 5.02. The summed E-state index contributed by atoms with van der Waals surface area (Å²) in [6, 6.07) is 0. The highest BCUT2D eigenvalue weighted by Gasteiger charge is 2.64. The normalized spacial score (nSPS) is 40.5. The molecule has 3 fully saturated rings. The monoisotopic (exact) mass is 250 g/mol. The highest BCUT2D eigenvalue weighted by atomic mass is 15.1. The molecule has 0 aromatic rings. The van der Waals surface area contributed by atoms with Gasteiger partial charge in [0.25, 0.3) is 0 Å². The van der Waals surface area contributed by atoms with Crippen molar-refractivity contribution < 1.29 is 0 Å². The molecule has 0 saturated heterocycles. The van der Waals surface area contributed by atoms with Gasteiger partial charge in [-0.1, -0.05) is 13.8 Å². The van der Waals surface area contributed by atoms with E-state index in [1.165, 1.54) is 39.1 Å². The lowest BCUT2D eigenvalue weighted by atomic mass is 10.0. The van der Waals surface area contributed by atoms with Crippen LogP contribution in [-0.2, 0) is 0 Å². The van der Waals surface area contributed by atoms with Gasteiger partial charge in [0, 0.05) is 0 Å². The van der Waals surface area contributed by atoms with Gasteiger partial charge in [-0.05, 0) is 88.0 Å². The molecule has 0 aliphatic heterocycles. The molecule has 104 valence electrons. The Labute approximate surface area is 113 Å². The Morgan fingerprint density at radius 2 is 1.72 bits per heavy atom. The molecule has 2 heteroatoms. The molecule has 18 heavy (non-hydrogen) atoms. The smallest absolute Gasteiger partial charge is 0.000687 e. The summed E-state index contributed by atoms with van der Waals surface area (Å²) in [7, 11) is 0. The first kappa shape index (κ1) is 12.9. The van der Waals surface area contributed by atoms with Crippen molar-refractivity contribution in [2.75, 3.05) is 32.7 Å². The molecule has 2 nitrogen and oxygen atoms in total. The Hall–Kier alpha value is -0.0800. The lowest BCUT2D eigenvalue weighted by Crippen LogP contribution is -2.28. The van der Waals surface area contributed by atoms with Crippen LogP contribution < -0.4 is 5.32 Å². The molecule has 3 aliphatic rings. The Balaban J connectivity index is 1.26. The molecule has 4 atom stereocenters. The zero-order valence-electron chi connectivity index (χ0n) is 12.2. The average Bonchev–Trinajstić information content (AvgIpc) is 2.80. The van der Waals surface area contributed by atoms with Gasteiger partial charge in [-0.25, -0.2) is 0 Å². The fourth-order valence-electron chi connectivity index (χ4n) is 5.02. The highest BCUT2D eigenvalue weighted by molar-refractivity contribution is 5.13. The minimum absolute atomic E-state index is 1.07. The van der Waals surface area contributed by atoms with Crippen LogP contribution in [0, 0.1) is 29.6 Å². The van der Waals surface area contributed by atoms with Crippen LogP contribution >= 0.6 is 0 Å². The first-order valence-electron chi connectivity index (χ1n) is 8.28. The van der Waals surface area contributed by atoms with Gasteiger partial charge in [0.1, 0.15) is 0 Å². The van der Waals surface area contributed by atoms with Gasteiger partial charge in [0.05, 0.1) is 0 Å². The van der Waals surface area contributed by atoms with E-state index in [4.69, 9.17) is 0 Å². The van der Waals surface area contributed by atoms with Crippen LogP contribution in [0.25, 0.3) is 0 Å². The standard InChI is InChI=1S/C16H30N2/c1-3-18(4-2)9-5-8-17-11-14-15-12-6-7-13(10-12)16(14)15/h12-17H,3-11H2,1-2H3. The first-order valence-corrected chi connectivity index (χ1v) is 8.28. The summed E-state index contributed by atoms with van der Waals surface area (Å²) in [6.45, 7) is 10.7. The maximum atomic E-state index is 3.72. The Bertz CT molecular complexity index is 258. The minimum atomic E-state index is 1.07. The van der Waals surface area contributed by atoms with E-state index in [0.29, 0.717) is 0 Å². The summed E-state index contributed by atoms with van der Waals surface area (Å²) in [5, 5.41) is 3.72. The third-order valence-electron chi connectivity index (χ3n) is 6.00. The molecule has 3 rings (SSSR count). The SMILES string of the molecule is CCN(CC)CCCNCC1C2C3CCC(C3)C12. The van der Waals surface area contributed by atoms with Crippen LogP contribution in [0.4, 0.5) is 0 Å². The van der Waals surface area contributed by atoms with Crippen molar-refractivity contribution in [3.8, 4) is 0 Å². The molecule has 0 heterocycles. The summed E-state index contributed by atoms with van der Waals surface area (Å²) in [6.07, 6.45) is 6.03. The Kier molecular flexibility index (Phi) is 3.95. The number of fused-ring (bicyclic) bond motifs is 5. The maximum absolute atomic E-state index is 3.72. The van der Waals surface area contributed by atoms with E-state index in [2.05, 4.69) is 24.1 Å². The number of nitrogens with one attached hydrogen (secondary N) is 1. The quantitative estimate of drug-likeness (QED) is 0.666. The highest BCUT2D eigenvalue weighted by Crippen LogP contribution is 2.69. The maximum Gasteiger partial charge on any atom is -0.000687 e. The molecular formula is C16H30N2. The van der Waals surface area contributed by atoms with Crippen LogP contribution in [0.2, 0.25) is 0 Å². The molecule has 0 aromatic carbocycles. The van der Waals surface area contributed by atoms with Crippen molar-refractivity contribution in [3.63, 3.8) is 0 Å². The van der Waals surface area contributed by atoms with Crippen molar-refractivity contribution in [3.05, 3.63) is 0 Å². The van der Waals surface area contributed by atoms with Gasteiger partial charge in [0.15, 0.2) is 0 Å². The van der Waals surface area contributed by atoms with Crippen molar-refractivity contribution in [2.24, 2.45) is 29.6 Å². The van der Waals surface area contributed by atoms with Crippen molar-refractivity contribution in [1.29, 1.82) is 0 Å². The molecular weight excluding hydrogens is 220 g/mol. The van der Waals surface area contributed by atoms with Crippen molar-refractivity contribution >= 4 is 0 Å². The average molecular weight is 250 g/mol. The van der Waals surface area contributed by atoms with E-state index in [9.17, 15) is 0 Å². The third kappa shape index (κ3) is 2.34. The van der Waals surface area contributed by atoms with Crippen LogP contribution in [0.1, 0.15) is 39.5 Å². The number of nitrogens with zero attached hydrogens (tertiary/aromatic N) is 1. The summed E-state index contributed by atoms with van der Waals surface area (Å²) in [4.78, 5) is 2.52. The van der Waals surface area contributed by atoms with Crippen LogP contribution in [-0.4, -0.2) is 37.6 Å². The van der Waals surface area contributed by atoms with Crippen molar-refractivity contribution in [1.82, 2.24) is 10.2 Å². The van der Waals surface area contributed by atoms with E-state index in [-0.39, 0.29) is 0 Å². The fraction of sp³-hybridized carbons (Fsp3) is 1.00. The van der Waals surface area contributed by atoms with E-state index in [1.807, 2.05) is 0 Å². The topological polar surface area (TPSA) is 15.3 Å². The van der Waals surface area contributed by atoms with Gasteiger partial charge in [0.2, 0.25) is 0 Å². The van der Waals surface area contributed by atoms with E-state index < -0.39 is 0 Å². The second-order valence-electron chi connectivity index (χ2n) is 6.74. The van der Waals surface area contributed by atoms with E-state index >= 15 is 0 Å². The van der Waals surface area contributed by atoms with Gasteiger partial charge in [-0.3, -0.25) is 0 Å². The molecule has 1 N–H and O–H groups in total. The van der Waals surface area contributed by atoms with Gasteiger partial charge < -0.3 is 10.2 Å². The lowest BCUT2D eigenvalue weighted by molar-refractivity contribution is 0.297. The molecule has 0 aromatic heterocycles. The molecule has 0 amide bonds. The zero-order chi connectivity index (χ0) is 12.5. The van der Waals surface area contributed by atoms with Crippen LogP contribution in [0.5, 0.6) is 0 Å². The zero-order valence-corrected chi connectivity index (χ0v) is 12.2. The lowest BCUT2D eigenvalue weighted by Gasteiger charge is -2.17. The first-order chi connectivity index (χ1) is 8.85. The molecule has 0 radical (unpaired) electrons. The second-order valence-corrected chi connectivity index (χ2v) is 6.74. The van der Waals surface area contributed by atoms with E-state index in [1.54, 1.807) is 19.3 Å². The van der Waals surface area contributed by atoms with Gasteiger partial charge in [-0.2, -0.15) is 0 Å². The van der Waals surface area contributed by atoms with Gasteiger partial charge in [-0.15, -0.1) is 0 Å². The Morgan fingerprint density at radius 3 is 2.33 bits per heavy atom. The number of rotatable bonds is 8. The number of hydrogen-bond donors (Lipinski definition) is 1. The van der Waals surface area contributed by atoms with Crippen LogP contribution in [0.15, 0.2) is 0 Å². The molecule has 3 saturated carbocycles. The van der Waals surface area contributed by atoms with Gasteiger partial charge >= 0.3 is 0 Å². The summed E-state index contributed by atoms with van der Waals surface area (Å²) < 4.78 is 0. The Morgan fingerprint density at radius 1 is 1.06 bits per heavy atom. The van der Waals surface area contributed by atoms with Crippen molar-refractivity contribution in [2.45, 2.75) is 39.5 Å². The predicted octanol–water partition coefficient (Wildman–Crippen LogP) is 2.60. The molecule has 4 unspecified atom stereocenters. The van der Waals surface area contributed by atoms with E-state index in [0.717, 1.165) is 29.6 Å². The molecule has 0 spiro atoms. The summed E-state index contributed by atoms with van der Waals surface area (Å²) in [5.74, 6) is 5.66. The summed E-state index contributed by atoms with van der Waals surface area (Å²) in [5.41, 5.74) is 0. The number of hydrogen-bond acceptors (Lipinski definition) is 2. The molecule has 2 bridgehead atoms. The summed E-state index contributed by atoms with van der Waals surface area (Å²) >= 11 is 0. The van der Waals surface area contributed by atoms with Crippen LogP contribution in [0.3, 0.4) is 0 Å². The predicted molar refractivity (Wildman–Crippen MR) is 76.6 cm³/mol. The largest absolute Gasteiger partial charge is 0.316 e. The third-order valence-corrected chi connectivity index (χ3v) is 6.00. The molecule has 3 aliphatic carbocycles.